The number of nitrogens with one attached hydrogen (secondary N) is 1. The third-order valence-corrected chi connectivity index (χ3v) is 7.30. The maximum absolute atomic E-state index is 12.8. The summed E-state index contributed by atoms with van der Waals surface area (Å²) >= 11 is 0. The summed E-state index contributed by atoms with van der Waals surface area (Å²) in [5.41, 5.74) is 3.31. The van der Waals surface area contributed by atoms with E-state index in [0.29, 0.717) is 13.0 Å². The van der Waals surface area contributed by atoms with Crippen molar-refractivity contribution in [2.45, 2.75) is 56.8 Å². The second-order valence-corrected chi connectivity index (χ2v) is 9.83. The molecule has 1 spiro atoms. The number of piperidine rings is 1. The Morgan fingerprint density at radius 3 is 2.64 bits per heavy atom. The lowest BCUT2D eigenvalue weighted by molar-refractivity contribution is -0.150. The molecule has 6 nitrogen and oxygen atoms in total. The van der Waals surface area contributed by atoms with E-state index in [0.717, 1.165) is 43.8 Å². The van der Waals surface area contributed by atoms with Crippen LogP contribution in [0.15, 0.2) is 48.5 Å². The van der Waals surface area contributed by atoms with E-state index in [1.54, 1.807) is 18.2 Å². The highest BCUT2D eigenvalue weighted by Crippen LogP contribution is 2.44. The molecule has 2 aromatic carbocycles. The summed E-state index contributed by atoms with van der Waals surface area (Å²) in [5, 5.41) is 12.1. The quantitative estimate of drug-likeness (QED) is 0.675. The molecule has 1 aliphatic carbocycles. The molecule has 5 rings (SSSR count). The molecule has 174 valence electrons. The largest absolute Gasteiger partial charge is 0.478 e. The third-order valence-electron chi connectivity index (χ3n) is 7.30. The summed E-state index contributed by atoms with van der Waals surface area (Å²) in [4.78, 5) is 26.5. The molecule has 2 heterocycles. The van der Waals surface area contributed by atoms with E-state index in [1.807, 2.05) is 6.07 Å². The molecule has 0 bridgehead atoms. The number of carboxylic acids is 1. The van der Waals surface area contributed by atoms with Gasteiger partial charge in [0.2, 0.25) is 5.91 Å². The Kier molecular flexibility index (Phi) is 6.21. The molecule has 2 aromatic rings. The number of hydrogen-bond acceptors (Lipinski definition) is 4. The number of fused-ring (bicyclic) bond motifs is 2. The van der Waals surface area contributed by atoms with Gasteiger partial charge in [-0.15, -0.1) is 0 Å². The van der Waals surface area contributed by atoms with Crippen molar-refractivity contribution in [1.29, 1.82) is 0 Å². The van der Waals surface area contributed by atoms with E-state index in [2.05, 4.69) is 34.5 Å². The van der Waals surface area contributed by atoms with Crippen LogP contribution in [0.1, 0.15) is 59.2 Å². The van der Waals surface area contributed by atoms with Gasteiger partial charge in [0.05, 0.1) is 23.7 Å². The fourth-order valence-electron chi connectivity index (χ4n) is 5.37. The van der Waals surface area contributed by atoms with E-state index in [4.69, 9.17) is 9.84 Å². The van der Waals surface area contributed by atoms with Crippen LogP contribution in [0.2, 0.25) is 0 Å². The van der Waals surface area contributed by atoms with Crippen LogP contribution in [0, 0.1) is 5.92 Å². The highest BCUT2D eigenvalue weighted by Gasteiger charge is 2.44. The lowest BCUT2D eigenvalue weighted by Gasteiger charge is -2.47. The molecular formula is C27H32N2O4. The second-order valence-electron chi connectivity index (χ2n) is 9.83. The number of nitrogens with zero attached hydrogens (tertiary/aromatic N) is 1. The smallest absolute Gasteiger partial charge is 0.335 e. The Hall–Kier alpha value is -2.70. The van der Waals surface area contributed by atoms with Crippen LogP contribution < -0.4 is 5.32 Å². The first-order valence-corrected chi connectivity index (χ1v) is 12.1. The van der Waals surface area contributed by atoms with Crippen molar-refractivity contribution in [3.8, 4) is 0 Å². The molecule has 1 saturated carbocycles. The molecule has 1 unspecified atom stereocenters. The summed E-state index contributed by atoms with van der Waals surface area (Å²) in [7, 11) is 0. The average Bonchev–Trinajstić information content (AvgIpc) is 3.64. The molecular weight excluding hydrogens is 416 g/mol. The highest BCUT2D eigenvalue weighted by molar-refractivity contribution is 5.87. The van der Waals surface area contributed by atoms with E-state index >= 15 is 0 Å². The first-order valence-electron chi connectivity index (χ1n) is 12.1. The van der Waals surface area contributed by atoms with Gasteiger partial charge in [-0.3, -0.25) is 4.79 Å². The number of rotatable bonds is 7. The Morgan fingerprint density at radius 1 is 1.09 bits per heavy atom. The van der Waals surface area contributed by atoms with Crippen LogP contribution in [0.3, 0.4) is 0 Å². The zero-order valence-corrected chi connectivity index (χ0v) is 19.0. The minimum Gasteiger partial charge on any atom is -0.478 e. The number of amides is 1. The number of carbonyl (C=O) groups excluding carboxylic acids is 1. The minimum absolute atomic E-state index is 0.0681. The predicted molar refractivity (Wildman–Crippen MR) is 125 cm³/mol. The van der Waals surface area contributed by atoms with Gasteiger partial charge in [-0.25, -0.2) is 4.79 Å². The van der Waals surface area contributed by atoms with Crippen LogP contribution in [-0.2, 0) is 28.1 Å². The fourth-order valence-corrected chi connectivity index (χ4v) is 5.37. The van der Waals surface area contributed by atoms with Crippen molar-refractivity contribution in [3.63, 3.8) is 0 Å². The van der Waals surface area contributed by atoms with Crippen molar-refractivity contribution in [2.24, 2.45) is 5.92 Å². The number of carbonyl (C=O) groups is 2. The Balaban J connectivity index is 1.22. The standard InChI is InChI=1S/C27H32N2O4/c30-25(28-17-20-4-3-6-22(14-20)26(31)32)16-23-15-21-5-1-2-7-24(21)27(33-23)10-12-29(13-11-27)18-19-8-9-19/h1-7,14,19,23H,8-13,15-18H2,(H,28,30)(H,31,32). The average molecular weight is 449 g/mol. The van der Waals surface area contributed by atoms with Crippen molar-refractivity contribution in [2.75, 3.05) is 19.6 Å². The number of ether oxygens (including phenoxy) is 1. The molecule has 3 aliphatic rings. The number of carboxylic acid groups (broad SMARTS) is 1. The van der Waals surface area contributed by atoms with Gasteiger partial charge in [0.25, 0.3) is 0 Å². The highest BCUT2D eigenvalue weighted by atomic mass is 16.5. The summed E-state index contributed by atoms with van der Waals surface area (Å²) < 4.78 is 6.72. The minimum atomic E-state index is -0.967. The van der Waals surface area contributed by atoms with Gasteiger partial charge in [0.15, 0.2) is 0 Å². The summed E-state index contributed by atoms with van der Waals surface area (Å²) in [6.45, 7) is 3.62. The van der Waals surface area contributed by atoms with Gasteiger partial charge in [-0.1, -0.05) is 36.4 Å². The summed E-state index contributed by atoms with van der Waals surface area (Å²) in [5.74, 6) is -0.140. The predicted octanol–water partition coefficient (Wildman–Crippen LogP) is 3.73. The van der Waals surface area contributed by atoms with Gasteiger partial charge in [-0.05, 0) is 66.8 Å². The number of likely N-dealkylation sites (tertiary alicyclic amines) is 1. The zero-order chi connectivity index (χ0) is 22.8. The lowest BCUT2D eigenvalue weighted by atomic mass is 9.78. The Labute approximate surface area is 194 Å². The van der Waals surface area contributed by atoms with E-state index in [9.17, 15) is 9.59 Å². The van der Waals surface area contributed by atoms with E-state index in [-0.39, 0.29) is 23.2 Å². The molecule has 1 atom stereocenters. The second kappa shape index (κ2) is 9.27. The maximum Gasteiger partial charge on any atom is 0.335 e. The maximum atomic E-state index is 12.8. The van der Waals surface area contributed by atoms with Crippen LogP contribution >= 0.6 is 0 Å². The monoisotopic (exact) mass is 448 g/mol. The molecule has 6 heteroatoms. The van der Waals surface area contributed by atoms with Crippen LogP contribution in [0.4, 0.5) is 0 Å². The van der Waals surface area contributed by atoms with E-state index in [1.165, 1.54) is 30.5 Å². The third kappa shape index (κ3) is 5.12. The number of hydrogen-bond donors (Lipinski definition) is 2. The first-order chi connectivity index (χ1) is 16.0. The van der Waals surface area contributed by atoms with Crippen LogP contribution in [0.5, 0.6) is 0 Å². The van der Waals surface area contributed by atoms with Gasteiger partial charge < -0.3 is 20.1 Å². The molecule has 0 radical (unpaired) electrons. The SMILES string of the molecule is O=C(CC1Cc2ccccc2C2(CCN(CC3CC3)CC2)O1)NCc1cccc(C(=O)O)c1. The molecule has 0 aromatic heterocycles. The summed E-state index contributed by atoms with van der Waals surface area (Å²) in [6.07, 6.45) is 5.58. The molecule has 33 heavy (non-hydrogen) atoms. The van der Waals surface area contributed by atoms with Crippen LogP contribution in [-0.4, -0.2) is 47.6 Å². The van der Waals surface area contributed by atoms with Crippen molar-refractivity contribution >= 4 is 11.9 Å². The zero-order valence-electron chi connectivity index (χ0n) is 19.0. The molecule has 1 saturated heterocycles. The molecule has 1 amide bonds. The Morgan fingerprint density at radius 2 is 1.88 bits per heavy atom. The van der Waals surface area contributed by atoms with Gasteiger partial charge in [0, 0.05) is 26.2 Å². The van der Waals surface area contributed by atoms with Gasteiger partial charge >= 0.3 is 5.97 Å². The normalized spacial score (nSPS) is 22.0. The van der Waals surface area contributed by atoms with E-state index < -0.39 is 5.97 Å². The number of benzene rings is 2. The molecule has 2 fully saturated rings. The van der Waals surface area contributed by atoms with Gasteiger partial charge in [0.1, 0.15) is 0 Å². The van der Waals surface area contributed by atoms with Crippen molar-refractivity contribution in [3.05, 3.63) is 70.8 Å². The van der Waals surface area contributed by atoms with Crippen molar-refractivity contribution in [1.82, 2.24) is 10.2 Å². The number of aromatic carboxylic acids is 1. The molecule has 2 aliphatic heterocycles. The fraction of sp³-hybridized carbons (Fsp3) is 0.481. The first kappa shape index (κ1) is 22.1. The topological polar surface area (TPSA) is 78.9 Å². The van der Waals surface area contributed by atoms with Gasteiger partial charge in [-0.2, -0.15) is 0 Å². The van der Waals surface area contributed by atoms with Crippen LogP contribution in [0.25, 0.3) is 0 Å². The van der Waals surface area contributed by atoms with Crippen molar-refractivity contribution < 1.29 is 19.4 Å². The summed E-state index contributed by atoms with van der Waals surface area (Å²) in [6, 6.07) is 15.2. The Bertz CT molecular complexity index is 1020. The molecule has 2 N–H and O–H groups in total. The lowest BCUT2D eigenvalue weighted by Crippen LogP contribution is -2.49.